The first-order valence-corrected chi connectivity index (χ1v) is 9.14. The third kappa shape index (κ3) is 3.46. The third-order valence-electron chi connectivity index (χ3n) is 5.32. The number of nitrogens with zero attached hydrogens (tertiary/aromatic N) is 3. The second kappa shape index (κ2) is 7.39. The lowest BCUT2D eigenvalue weighted by molar-refractivity contribution is 0.0556. The van der Waals surface area contributed by atoms with Crippen molar-refractivity contribution in [3.8, 4) is 0 Å². The molecule has 1 N–H and O–H groups in total. The minimum Gasteiger partial charge on any atom is -0.459 e. The van der Waals surface area contributed by atoms with Crippen LogP contribution in [0.4, 0.5) is 0 Å². The number of amides is 1. The van der Waals surface area contributed by atoms with Gasteiger partial charge in [0.15, 0.2) is 11.6 Å². The fourth-order valence-corrected chi connectivity index (χ4v) is 3.98. The molecule has 134 valence electrons. The Balaban J connectivity index is 1.49. The van der Waals surface area contributed by atoms with Crippen molar-refractivity contribution in [3.63, 3.8) is 0 Å². The van der Waals surface area contributed by atoms with Crippen molar-refractivity contribution in [1.82, 2.24) is 20.1 Å². The van der Waals surface area contributed by atoms with Gasteiger partial charge in [0.25, 0.3) is 5.91 Å². The molecule has 25 heavy (non-hydrogen) atoms. The van der Waals surface area contributed by atoms with Crippen molar-refractivity contribution < 1.29 is 13.9 Å². The number of furan rings is 1. The van der Waals surface area contributed by atoms with Crippen LogP contribution in [-0.4, -0.2) is 33.9 Å². The molecule has 4 heterocycles. The number of carbonyl (C=O) groups is 1. The van der Waals surface area contributed by atoms with E-state index in [-0.39, 0.29) is 5.91 Å². The van der Waals surface area contributed by atoms with E-state index in [4.69, 9.17) is 9.15 Å². The van der Waals surface area contributed by atoms with Crippen molar-refractivity contribution in [3.05, 3.63) is 35.8 Å². The first-order valence-electron chi connectivity index (χ1n) is 9.14. The summed E-state index contributed by atoms with van der Waals surface area (Å²) < 4.78 is 12.9. The zero-order valence-corrected chi connectivity index (χ0v) is 14.3. The standard InChI is InChI=1S/C18H24N4O3/c23-18(15-5-3-9-25-15)19-12-16-20-21-17-14(4-1-2-8-22(16)17)13-6-10-24-11-7-13/h3,5,9,13-14H,1-2,4,6-8,10-12H2,(H,19,23). The zero-order chi connectivity index (χ0) is 17.1. The van der Waals surface area contributed by atoms with E-state index >= 15 is 0 Å². The van der Waals surface area contributed by atoms with Crippen LogP contribution in [0.2, 0.25) is 0 Å². The lowest BCUT2D eigenvalue weighted by Crippen LogP contribution is -2.26. The summed E-state index contributed by atoms with van der Waals surface area (Å²) in [4.78, 5) is 12.1. The van der Waals surface area contributed by atoms with Gasteiger partial charge in [0, 0.05) is 25.7 Å². The van der Waals surface area contributed by atoms with Crippen LogP contribution in [0, 0.1) is 5.92 Å². The van der Waals surface area contributed by atoms with E-state index in [1.165, 1.54) is 19.1 Å². The van der Waals surface area contributed by atoms with Gasteiger partial charge in [-0.1, -0.05) is 6.42 Å². The predicted molar refractivity (Wildman–Crippen MR) is 90.0 cm³/mol. The highest BCUT2D eigenvalue weighted by atomic mass is 16.5. The van der Waals surface area contributed by atoms with Crippen LogP contribution in [0.1, 0.15) is 60.2 Å². The maximum absolute atomic E-state index is 12.1. The molecule has 2 aliphatic heterocycles. The quantitative estimate of drug-likeness (QED) is 0.921. The Morgan fingerprint density at radius 3 is 2.92 bits per heavy atom. The fraction of sp³-hybridized carbons (Fsp3) is 0.611. The normalized spacial score (nSPS) is 21.5. The van der Waals surface area contributed by atoms with E-state index in [9.17, 15) is 4.79 Å². The summed E-state index contributed by atoms with van der Waals surface area (Å²) in [5, 5.41) is 11.8. The van der Waals surface area contributed by atoms with Gasteiger partial charge in [-0.15, -0.1) is 10.2 Å². The molecule has 0 aromatic carbocycles. The molecule has 0 saturated carbocycles. The van der Waals surface area contributed by atoms with E-state index in [0.29, 0.717) is 24.1 Å². The fourth-order valence-electron chi connectivity index (χ4n) is 3.98. The number of hydrogen-bond acceptors (Lipinski definition) is 5. The number of rotatable bonds is 4. The molecule has 1 fully saturated rings. The van der Waals surface area contributed by atoms with Gasteiger partial charge in [0.1, 0.15) is 5.82 Å². The maximum Gasteiger partial charge on any atom is 0.287 e. The predicted octanol–water partition coefficient (Wildman–Crippen LogP) is 2.50. The summed E-state index contributed by atoms with van der Waals surface area (Å²) in [6.07, 6.45) is 7.20. The van der Waals surface area contributed by atoms with E-state index in [0.717, 1.165) is 50.7 Å². The summed E-state index contributed by atoms with van der Waals surface area (Å²) in [6, 6.07) is 3.36. The number of nitrogens with one attached hydrogen (secondary N) is 1. The lowest BCUT2D eigenvalue weighted by atomic mass is 9.82. The van der Waals surface area contributed by atoms with Crippen molar-refractivity contribution >= 4 is 5.91 Å². The summed E-state index contributed by atoms with van der Waals surface area (Å²) in [5.41, 5.74) is 0. The molecule has 1 unspecified atom stereocenters. The molecule has 0 bridgehead atoms. The topological polar surface area (TPSA) is 82.2 Å². The van der Waals surface area contributed by atoms with Gasteiger partial charge in [-0.25, -0.2) is 0 Å². The van der Waals surface area contributed by atoms with Crippen molar-refractivity contribution in [2.45, 2.75) is 51.1 Å². The van der Waals surface area contributed by atoms with Crippen LogP contribution < -0.4 is 5.32 Å². The van der Waals surface area contributed by atoms with Crippen LogP contribution in [0.5, 0.6) is 0 Å². The monoisotopic (exact) mass is 344 g/mol. The number of ether oxygens (including phenoxy) is 1. The average Bonchev–Trinajstić information content (AvgIpc) is 3.27. The minimum absolute atomic E-state index is 0.225. The zero-order valence-electron chi connectivity index (χ0n) is 14.3. The number of hydrogen-bond donors (Lipinski definition) is 1. The van der Waals surface area contributed by atoms with Crippen molar-refractivity contribution in [1.29, 1.82) is 0 Å². The van der Waals surface area contributed by atoms with Gasteiger partial charge < -0.3 is 19.0 Å². The molecule has 2 aliphatic rings. The third-order valence-corrected chi connectivity index (χ3v) is 5.32. The molecular formula is C18H24N4O3. The highest BCUT2D eigenvalue weighted by Gasteiger charge is 2.31. The second-order valence-electron chi connectivity index (χ2n) is 6.84. The maximum atomic E-state index is 12.1. The van der Waals surface area contributed by atoms with E-state index in [1.807, 2.05) is 0 Å². The molecular weight excluding hydrogens is 320 g/mol. The molecule has 1 amide bonds. The summed E-state index contributed by atoms with van der Waals surface area (Å²) in [5.74, 6) is 3.09. The number of aromatic nitrogens is 3. The highest BCUT2D eigenvalue weighted by Crippen LogP contribution is 2.37. The van der Waals surface area contributed by atoms with Gasteiger partial charge in [-0.2, -0.15) is 0 Å². The Kier molecular flexibility index (Phi) is 4.83. The van der Waals surface area contributed by atoms with Crippen LogP contribution >= 0.6 is 0 Å². The number of fused-ring (bicyclic) bond motifs is 1. The smallest absolute Gasteiger partial charge is 0.287 e. The molecule has 1 saturated heterocycles. The molecule has 1 atom stereocenters. The van der Waals surface area contributed by atoms with Crippen LogP contribution in [0.3, 0.4) is 0 Å². The molecule has 7 heteroatoms. The van der Waals surface area contributed by atoms with Gasteiger partial charge in [-0.05, 0) is 43.7 Å². The minimum atomic E-state index is -0.225. The van der Waals surface area contributed by atoms with Gasteiger partial charge >= 0.3 is 0 Å². The molecule has 7 nitrogen and oxygen atoms in total. The summed E-state index contributed by atoms with van der Waals surface area (Å²) in [6.45, 7) is 2.99. The molecule has 2 aromatic heterocycles. The average molecular weight is 344 g/mol. The molecule has 0 aliphatic carbocycles. The van der Waals surface area contributed by atoms with Crippen LogP contribution in [0.25, 0.3) is 0 Å². The lowest BCUT2D eigenvalue weighted by Gasteiger charge is -2.29. The molecule has 0 spiro atoms. The molecule has 0 radical (unpaired) electrons. The van der Waals surface area contributed by atoms with Gasteiger partial charge in [0.2, 0.25) is 0 Å². The van der Waals surface area contributed by atoms with Crippen LogP contribution in [0.15, 0.2) is 22.8 Å². The first kappa shape index (κ1) is 16.3. The number of carbonyl (C=O) groups excluding carboxylic acids is 1. The van der Waals surface area contributed by atoms with E-state index in [1.54, 1.807) is 12.1 Å². The Morgan fingerprint density at radius 1 is 1.24 bits per heavy atom. The summed E-state index contributed by atoms with van der Waals surface area (Å²) >= 11 is 0. The highest BCUT2D eigenvalue weighted by molar-refractivity contribution is 5.91. The Morgan fingerprint density at radius 2 is 2.12 bits per heavy atom. The van der Waals surface area contributed by atoms with Gasteiger partial charge in [0.05, 0.1) is 12.8 Å². The van der Waals surface area contributed by atoms with Crippen molar-refractivity contribution in [2.24, 2.45) is 5.92 Å². The SMILES string of the molecule is O=C(NCc1nnc2n1CCCCC2C1CCOCC1)c1ccco1. The first-order chi connectivity index (χ1) is 12.3. The van der Waals surface area contributed by atoms with Gasteiger partial charge in [-0.3, -0.25) is 4.79 Å². The van der Waals surface area contributed by atoms with Crippen molar-refractivity contribution in [2.75, 3.05) is 13.2 Å². The Hall–Kier alpha value is -2.15. The summed E-state index contributed by atoms with van der Waals surface area (Å²) in [7, 11) is 0. The molecule has 4 rings (SSSR count). The van der Waals surface area contributed by atoms with E-state index < -0.39 is 0 Å². The van der Waals surface area contributed by atoms with E-state index in [2.05, 4.69) is 20.1 Å². The van der Waals surface area contributed by atoms with Crippen LogP contribution in [-0.2, 0) is 17.8 Å². The molecule has 2 aromatic rings. The Labute approximate surface area is 146 Å². The second-order valence-corrected chi connectivity index (χ2v) is 6.84. The largest absolute Gasteiger partial charge is 0.459 e. The Bertz CT molecular complexity index is 704.